The molecule has 1 fully saturated rings. The normalized spacial score (nSPS) is 21.2. The summed E-state index contributed by atoms with van der Waals surface area (Å²) in [6.07, 6.45) is 3.34. The Labute approximate surface area is 117 Å². The average molecular weight is 288 g/mol. The Balaban J connectivity index is 2.10. The molecule has 1 N–H and O–H groups in total. The first kappa shape index (κ1) is 14.2. The highest BCUT2D eigenvalue weighted by molar-refractivity contribution is 8.00. The maximum absolute atomic E-state index is 13.4. The highest BCUT2D eigenvalue weighted by atomic mass is 35.5. The molecule has 1 nitrogen and oxygen atoms in total. The fourth-order valence-corrected chi connectivity index (χ4v) is 4.06. The molecule has 2 rings (SSSR count). The van der Waals surface area contributed by atoms with Gasteiger partial charge in [-0.05, 0) is 43.2 Å². The second kappa shape index (κ2) is 6.78. The van der Waals surface area contributed by atoms with Crippen molar-refractivity contribution in [2.75, 3.05) is 12.3 Å². The minimum absolute atomic E-state index is 0.281. The van der Waals surface area contributed by atoms with Gasteiger partial charge in [0, 0.05) is 11.3 Å². The van der Waals surface area contributed by atoms with Gasteiger partial charge < -0.3 is 5.32 Å². The van der Waals surface area contributed by atoms with E-state index in [4.69, 9.17) is 11.6 Å². The summed E-state index contributed by atoms with van der Waals surface area (Å²) < 4.78 is 13.4. The Morgan fingerprint density at radius 1 is 1.56 bits per heavy atom. The molecule has 2 atom stereocenters. The molecule has 0 radical (unpaired) electrons. The van der Waals surface area contributed by atoms with Crippen molar-refractivity contribution in [2.45, 2.75) is 37.5 Å². The second-order valence-electron chi connectivity index (χ2n) is 4.63. The van der Waals surface area contributed by atoms with E-state index in [0.29, 0.717) is 11.3 Å². The van der Waals surface area contributed by atoms with E-state index in [0.717, 1.165) is 18.5 Å². The lowest BCUT2D eigenvalue weighted by Crippen LogP contribution is -2.39. The Morgan fingerprint density at radius 2 is 2.39 bits per heavy atom. The number of nitrogens with one attached hydrogen (secondary N) is 1. The molecule has 0 aromatic heterocycles. The lowest BCUT2D eigenvalue weighted by molar-refractivity contribution is 0.494. The maximum Gasteiger partial charge on any atom is 0.142 e. The highest BCUT2D eigenvalue weighted by Crippen LogP contribution is 2.31. The first-order valence-electron chi connectivity index (χ1n) is 6.50. The zero-order chi connectivity index (χ0) is 13.0. The van der Waals surface area contributed by atoms with Crippen molar-refractivity contribution in [3.8, 4) is 0 Å². The van der Waals surface area contributed by atoms with Crippen LogP contribution in [-0.2, 0) is 6.42 Å². The number of benzene rings is 1. The van der Waals surface area contributed by atoms with Crippen LogP contribution in [0.3, 0.4) is 0 Å². The van der Waals surface area contributed by atoms with Crippen molar-refractivity contribution in [3.05, 3.63) is 34.6 Å². The van der Waals surface area contributed by atoms with Crippen LogP contribution in [0.1, 0.15) is 25.3 Å². The van der Waals surface area contributed by atoms with Crippen LogP contribution in [0.4, 0.5) is 4.39 Å². The van der Waals surface area contributed by atoms with E-state index in [1.165, 1.54) is 24.7 Å². The molecule has 1 saturated heterocycles. The first-order valence-corrected chi connectivity index (χ1v) is 7.93. The van der Waals surface area contributed by atoms with Gasteiger partial charge in [0.05, 0.1) is 5.02 Å². The van der Waals surface area contributed by atoms with Gasteiger partial charge in [0.25, 0.3) is 0 Å². The summed E-state index contributed by atoms with van der Waals surface area (Å²) in [6.45, 7) is 3.05. The summed E-state index contributed by atoms with van der Waals surface area (Å²) in [7, 11) is 0. The van der Waals surface area contributed by atoms with Gasteiger partial charge in [-0.15, -0.1) is 0 Å². The van der Waals surface area contributed by atoms with E-state index in [2.05, 4.69) is 12.2 Å². The third-order valence-corrected chi connectivity index (χ3v) is 5.29. The summed E-state index contributed by atoms with van der Waals surface area (Å²) in [5.74, 6) is 0.923. The van der Waals surface area contributed by atoms with Crippen LogP contribution in [0.25, 0.3) is 0 Å². The molecular formula is C14H19ClFNS. The van der Waals surface area contributed by atoms with Crippen molar-refractivity contribution < 1.29 is 4.39 Å². The number of hydrogen-bond donors (Lipinski definition) is 1. The van der Waals surface area contributed by atoms with E-state index in [-0.39, 0.29) is 10.8 Å². The van der Waals surface area contributed by atoms with Crippen LogP contribution >= 0.6 is 23.4 Å². The van der Waals surface area contributed by atoms with Crippen molar-refractivity contribution >= 4 is 23.4 Å². The first-order chi connectivity index (χ1) is 8.72. The van der Waals surface area contributed by atoms with Crippen molar-refractivity contribution in [3.63, 3.8) is 0 Å². The molecule has 0 amide bonds. The lowest BCUT2D eigenvalue weighted by atomic mass is 10.0. The zero-order valence-electron chi connectivity index (χ0n) is 10.6. The van der Waals surface area contributed by atoms with Crippen LogP contribution in [0.15, 0.2) is 18.2 Å². The van der Waals surface area contributed by atoms with Crippen molar-refractivity contribution in [1.82, 2.24) is 5.32 Å². The smallest absolute Gasteiger partial charge is 0.142 e. The molecule has 0 aliphatic carbocycles. The van der Waals surface area contributed by atoms with Crippen LogP contribution in [-0.4, -0.2) is 23.6 Å². The average Bonchev–Trinajstić information content (AvgIpc) is 2.88. The number of thioether (sulfide) groups is 1. The van der Waals surface area contributed by atoms with Gasteiger partial charge in [0.1, 0.15) is 5.82 Å². The number of halogens is 2. The van der Waals surface area contributed by atoms with Crippen LogP contribution < -0.4 is 5.32 Å². The number of likely N-dealkylation sites (N-methyl/N-ethyl adjacent to an activating group) is 1. The molecule has 1 aromatic carbocycles. The summed E-state index contributed by atoms with van der Waals surface area (Å²) in [5.41, 5.74) is 0.912. The van der Waals surface area contributed by atoms with Gasteiger partial charge in [-0.3, -0.25) is 0 Å². The molecular weight excluding hydrogens is 269 g/mol. The molecule has 1 aliphatic rings. The Kier molecular flexibility index (Phi) is 5.34. The molecule has 0 spiro atoms. The highest BCUT2D eigenvalue weighted by Gasteiger charge is 2.25. The minimum Gasteiger partial charge on any atom is -0.313 e. The summed E-state index contributed by atoms with van der Waals surface area (Å²) >= 11 is 8.05. The molecule has 2 unspecified atom stereocenters. The fraction of sp³-hybridized carbons (Fsp3) is 0.571. The Hall–Kier alpha value is -0.250. The van der Waals surface area contributed by atoms with Gasteiger partial charge >= 0.3 is 0 Å². The maximum atomic E-state index is 13.4. The van der Waals surface area contributed by atoms with E-state index in [1.807, 2.05) is 17.8 Å². The van der Waals surface area contributed by atoms with Gasteiger partial charge in [0.15, 0.2) is 0 Å². The topological polar surface area (TPSA) is 12.0 Å². The Bertz CT molecular complexity index is 393. The fourth-order valence-electron chi connectivity index (χ4n) is 2.46. The van der Waals surface area contributed by atoms with Crippen LogP contribution in [0.5, 0.6) is 0 Å². The molecule has 100 valence electrons. The minimum atomic E-state index is -0.316. The molecule has 18 heavy (non-hydrogen) atoms. The van der Waals surface area contributed by atoms with E-state index < -0.39 is 0 Å². The molecule has 1 aliphatic heterocycles. The number of rotatable bonds is 5. The third-order valence-electron chi connectivity index (χ3n) is 3.35. The van der Waals surface area contributed by atoms with Gasteiger partial charge in [0.2, 0.25) is 0 Å². The molecule has 0 saturated carbocycles. The Morgan fingerprint density at radius 3 is 3.06 bits per heavy atom. The van der Waals surface area contributed by atoms with E-state index in [1.54, 1.807) is 6.07 Å². The summed E-state index contributed by atoms with van der Waals surface area (Å²) in [4.78, 5) is 0. The van der Waals surface area contributed by atoms with Crippen LogP contribution in [0.2, 0.25) is 5.02 Å². The standard InChI is InChI=1S/C14H19ClFNS/c1-2-17-12(13-7-4-8-18-13)9-10-5-3-6-11(16)14(10)15/h3,5-6,12-13,17H,2,4,7-9H2,1H3. The zero-order valence-corrected chi connectivity index (χ0v) is 12.2. The summed E-state index contributed by atoms with van der Waals surface area (Å²) in [6, 6.07) is 5.47. The summed E-state index contributed by atoms with van der Waals surface area (Å²) in [5, 5.41) is 4.43. The predicted molar refractivity (Wildman–Crippen MR) is 78.1 cm³/mol. The molecule has 4 heteroatoms. The largest absolute Gasteiger partial charge is 0.313 e. The third kappa shape index (κ3) is 3.40. The van der Waals surface area contributed by atoms with Gasteiger partial charge in [-0.2, -0.15) is 11.8 Å². The van der Waals surface area contributed by atoms with E-state index >= 15 is 0 Å². The SMILES string of the molecule is CCNC(Cc1cccc(F)c1Cl)C1CCCS1. The molecule has 1 aromatic rings. The predicted octanol–water partition coefficient (Wildman–Crippen LogP) is 3.90. The second-order valence-corrected chi connectivity index (χ2v) is 6.36. The van der Waals surface area contributed by atoms with Gasteiger partial charge in [-0.25, -0.2) is 4.39 Å². The van der Waals surface area contributed by atoms with Gasteiger partial charge in [-0.1, -0.05) is 30.7 Å². The quantitative estimate of drug-likeness (QED) is 0.882. The number of hydrogen-bond acceptors (Lipinski definition) is 2. The molecule has 1 heterocycles. The molecule has 0 bridgehead atoms. The lowest BCUT2D eigenvalue weighted by Gasteiger charge is -2.24. The van der Waals surface area contributed by atoms with Crippen molar-refractivity contribution in [2.24, 2.45) is 0 Å². The van der Waals surface area contributed by atoms with Crippen LogP contribution in [0, 0.1) is 5.82 Å². The van der Waals surface area contributed by atoms with Crippen molar-refractivity contribution in [1.29, 1.82) is 0 Å². The van der Waals surface area contributed by atoms with E-state index in [9.17, 15) is 4.39 Å². The monoisotopic (exact) mass is 287 g/mol.